The van der Waals surface area contributed by atoms with Crippen molar-refractivity contribution in [3.05, 3.63) is 120 Å². The van der Waals surface area contributed by atoms with Crippen LogP contribution in [0.15, 0.2) is 103 Å². The highest BCUT2D eigenvalue weighted by atomic mass is 16.2. The first-order valence-corrected chi connectivity index (χ1v) is 9.83. The zero-order valence-corrected chi connectivity index (χ0v) is 16.4. The van der Waals surface area contributed by atoms with Gasteiger partial charge in [-0.1, -0.05) is 97.1 Å². The van der Waals surface area contributed by atoms with Crippen LogP contribution < -0.4 is 11.1 Å². The summed E-state index contributed by atoms with van der Waals surface area (Å²) in [7, 11) is 0. The van der Waals surface area contributed by atoms with Crippen molar-refractivity contribution >= 4 is 22.6 Å². The molecule has 2 amide bonds. The monoisotopic (exact) mass is 394 g/mol. The molecule has 0 radical (unpaired) electrons. The van der Waals surface area contributed by atoms with E-state index in [1.165, 1.54) is 0 Å². The molecule has 4 aromatic carbocycles. The summed E-state index contributed by atoms with van der Waals surface area (Å²) in [6, 6.07) is 31.6. The van der Waals surface area contributed by atoms with Crippen LogP contribution in [-0.4, -0.2) is 17.9 Å². The molecule has 4 rings (SSSR count). The van der Waals surface area contributed by atoms with E-state index in [0.717, 1.165) is 21.9 Å². The maximum absolute atomic E-state index is 13.2. The summed E-state index contributed by atoms with van der Waals surface area (Å²) in [5.74, 6) is -1.31. The minimum Gasteiger partial charge on any atom is -0.368 e. The number of hydrogen-bond acceptors (Lipinski definition) is 2. The van der Waals surface area contributed by atoms with Crippen molar-refractivity contribution < 1.29 is 9.59 Å². The molecule has 1 atom stereocenters. The average Bonchev–Trinajstić information content (AvgIpc) is 2.79. The lowest BCUT2D eigenvalue weighted by atomic mass is 9.84. The van der Waals surface area contributed by atoms with Gasteiger partial charge in [0, 0.05) is 11.5 Å². The molecule has 0 aliphatic heterocycles. The molecule has 0 bridgehead atoms. The van der Waals surface area contributed by atoms with E-state index >= 15 is 0 Å². The van der Waals surface area contributed by atoms with Crippen LogP contribution in [0.5, 0.6) is 0 Å². The lowest BCUT2D eigenvalue weighted by Crippen LogP contribution is -2.48. The summed E-state index contributed by atoms with van der Waals surface area (Å²) >= 11 is 0. The molecular formula is C26H22N2O2. The van der Waals surface area contributed by atoms with Gasteiger partial charge in [-0.05, 0) is 28.0 Å². The van der Waals surface area contributed by atoms with Crippen molar-refractivity contribution in [2.75, 3.05) is 0 Å². The predicted molar refractivity (Wildman–Crippen MR) is 119 cm³/mol. The second-order valence-electron chi connectivity index (χ2n) is 7.18. The number of hydrogen-bond donors (Lipinski definition) is 2. The Hall–Kier alpha value is -3.92. The van der Waals surface area contributed by atoms with Gasteiger partial charge in [0.25, 0.3) is 5.91 Å². The van der Waals surface area contributed by atoms with E-state index in [4.69, 9.17) is 5.73 Å². The quantitative estimate of drug-likeness (QED) is 0.513. The minimum absolute atomic E-state index is 0.326. The highest BCUT2D eigenvalue weighted by molar-refractivity contribution is 6.08. The molecule has 30 heavy (non-hydrogen) atoms. The molecule has 0 unspecified atom stereocenters. The lowest BCUT2D eigenvalue weighted by molar-refractivity contribution is -0.120. The Labute approximate surface area is 175 Å². The van der Waals surface area contributed by atoms with Gasteiger partial charge in [-0.15, -0.1) is 0 Å². The van der Waals surface area contributed by atoms with E-state index in [0.29, 0.717) is 5.56 Å². The first-order valence-electron chi connectivity index (χ1n) is 9.83. The van der Waals surface area contributed by atoms with Crippen LogP contribution in [0.1, 0.15) is 27.4 Å². The van der Waals surface area contributed by atoms with E-state index in [1.807, 2.05) is 97.1 Å². The molecule has 0 saturated heterocycles. The number of nitrogens with one attached hydrogen (secondary N) is 1. The summed E-state index contributed by atoms with van der Waals surface area (Å²) < 4.78 is 0. The van der Waals surface area contributed by atoms with E-state index in [2.05, 4.69) is 5.32 Å². The van der Waals surface area contributed by atoms with E-state index in [-0.39, 0.29) is 5.91 Å². The first kappa shape index (κ1) is 19.4. The zero-order chi connectivity index (χ0) is 20.9. The van der Waals surface area contributed by atoms with Crippen LogP contribution in [0.4, 0.5) is 0 Å². The Kier molecular flexibility index (Phi) is 5.57. The van der Waals surface area contributed by atoms with Crippen molar-refractivity contribution in [2.24, 2.45) is 5.73 Å². The zero-order valence-electron chi connectivity index (χ0n) is 16.4. The van der Waals surface area contributed by atoms with Gasteiger partial charge in [-0.2, -0.15) is 0 Å². The van der Waals surface area contributed by atoms with Crippen molar-refractivity contribution in [2.45, 2.75) is 12.0 Å². The number of primary amides is 1. The predicted octanol–water partition coefficient (Wildman–Crippen LogP) is 4.26. The molecule has 0 heterocycles. The van der Waals surface area contributed by atoms with Crippen LogP contribution in [-0.2, 0) is 4.79 Å². The third-order valence-corrected chi connectivity index (χ3v) is 5.28. The van der Waals surface area contributed by atoms with Crippen LogP contribution in [0.3, 0.4) is 0 Å². The third-order valence-electron chi connectivity index (χ3n) is 5.28. The van der Waals surface area contributed by atoms with Gasteiger partial charge < -0.3 is 11.1 Å². The summed E-state index contributed by atoms with van der Waals surface area (Å²) in [5, 5.41) is 4.70. The second kappa shape index (κ2) is 8.62. The number of amides is 2. The smallest absolute Gasteiger partial charge is 0.252 e. The van der Waals surface area contributed by atoms with Crippen LogP contribution >= 0.6 is 0 Å². The number of fused-ring (bicyclic) bond motifs is 1. The van der Waals surface area contributed by atoms with Crippen molar-refractivity contribution in [3.8, 4) is 0 Å². The molecule has 4 nitrogen and oxygen atoms in total. The highest BCUT2D eigenvalue weighted by Gasteiger charge is 2.31. The molecule has 0 fully saturated rings. The summed E-state index contributed by atoms with van der Waals surface area (Å²) in [6.07, 6.45) is 0. The number of nitrogens with two attached hydrogens (primary N) is 1. The summed E-state index contributed by atoms with van der Waals surface area (Å²) in [4.78, 5) is 25.7. The SMILES string of the molecule is NC(=O)[C@H](NC(=O)c1cccc2ccccc12)C(c1ccccc1)c1ccccc1. The van der Waals surface area contributed by atoms with Gasteiger partial charge in [-0.3, -0.25) is 9.59 Å². The number of benzene rings is 4. The fourth-order valence-corrected chi connectivity index (χ4v) is 3.86. The molecule has 0 aromatic heterocycles. The Balaban J connectivity index is 1.75. The molecule has 148 valence electrons. The average molecular weight is 394 g/mol. The molecule has 4 heteroatoms. The number of carbonyl (C=O) groups is 2. The lowest BCUT2D eigenvalue weighted by Gasteiger charge is -2.27. The fourth-order valence-electron chi connectivity index (χ4n) is 3.86. The van der Waals surface area contributed by atoms with Gasteiger partial charge in [0.05, 0.1) is 0 Å². The summed E-state index contributed by atoms with van der Waals surface area (Å²) in [6.45, 7) is 0. The largest absolute Gasteiger partial charge is 0.368 e. The highest BCUT2D eigenvalue weighted by Crippen LogP contribution is 2.29. The molecule has 4 aromatic rings. The Morgan fingerprint density at radius 3 is 1.80 bits per heavy atom. The van der Waals surface area contributed by atoms with E-state index in [9.17, 15) is 9.59 Å². The van der Waals surface area contributed by atoms with Crippen LogP contribution in [0, 0.1) is 0 Å². The maximum atomic E-state index is 13.2. The Bertz CT molecular complexity index is 1130. The second-order valence-corrected chi connectivity index (χ2v) is 7.18. The first-order chi connectivity index (χ1) is 14.6. The van der Waals surface area contributed by atoms with Gasteiger partial charge in [0.15, 0.2) is 0 Å². The van der Waals surface area contributed by atoms with E-state index in [1.54, 1.807) is 6.07 Å². The van der Waals surface area contributed by atoms with Crippen molar-refractivity contribution in [1.29, 1.82) is 0 Å². The van der Waals surface area contributed by atoms with Gasteiger partial charge in [-0.25, -0.2) is 0 Å². The topological polar surface area (TPSA) is 72.2 Å². The number of carbonyl (C=O) groups excluding carboxylic acids is 2. The van der Waals surface area contributed by atoms with E-state index < -0.39 is 17.9 Å². The van der Waals surface area contributed by atoms with Gasteiger partial charge in [0.1, 0.15) is 6.04 Å². The van der Waals surface area contributed by atoms with Crippen molar-refractivity contribution in [3.63, 3.8) is 0 Å². The molecular weight excluding hydrogens is 372 g/mol. The van der Waals surface area contributed by atoms with Crippen LogP contribution in [0.25, 0.3) is 10.8 Å². The molecule has 3 N–H and O–H groups in total. The summed E-state index contributed by atoms with van der Waals surface area (Å²) in [5.41, 5.74) is 8.13. The standard InChI is InChI=1S/C26H22N2O2/c27-25(29)24(23(19-11-3-1-4-12-19)20-13-5-2-6-14-20)28-26(30)22-17-9-15-18-10-7-8-16-21(18)22/h1-17,23-24H,(H2,27,29)(H,28,30)/t24-/m1/s1. The number of rotatable bonds is 6. The van der Waals surface area contributed by atoms with Gasteiger partial charge in [0.2, 0.25) is 5.91 Å². The minimum atomic E-state index is -0.902. The third kappa shape index (κ3) is 3.94. The molecule has 0 aliphatic carbocycles. The maximum Gasteiger partial charge on any atom is 0.252 e. The Morgan fingerprint density at radius 1 is 0.667 bits per heavy atom. The fraction of sp³-hybridized carbons (Fsp3) is 0.0769. The normalized spacial score (nSPS) is 11.9. The van der Waals surface area contributed by atoms with Crippen molar-refractivity contribution in [1.82, 2.24) is 5.32 Å². The van der Waals surface area contributed by atoms with Gasteiger partial charge >= 0.3 is 0 Å². The molecule has 0 aliphatic rings. The van der Waals surface area contributed by atoms with Crippen LogP contribution in [0.2, 0.25) is 0 Å². The Morgan fingerprint density at radius 2 is 1.20 bits per heavy atom. The molecule has 0 saturated carbocycles. The molecule has 0 spiro atoms.